The first-order valence-corrected chi connectivity index (χ1v) is 9.90. The number of hydrogen-bond acceptors (Lipinski definition) is 6. The fourth-order valence-corrected chi connectivity index (χ4v) is 4.42. The minimum atomic E-state index is -3.58. The highest BCUT2D eigenvalue weighted by Crippen LogP contribution is 2.21. The topological polar surface area (TPSA) is 102 Å². The molecule has 0 spiro atoms. The van der Waals surface area contributed by atoms with Gasteiger partial charge in [0.1, 0.15) is 0 Å². The Labute approximate surface area is 147 Å². The van der Waals surface area contributed by atoms with Crippen LogP contribution in [0.15, 0.2) is 29.2 Å². The predicted molar refractivity (Wildman–Crippen MR) is 92.9 cm³/mol. The Morgan fingerprint density at radius 1 is 1.20 bits per heavy atom. The third-order valence-electron chi connectivity index (χ3n) is 4.51. The van der Waals surface area contributed by atoms with Crippen molar-refractivity contribution in [3.63, 3.8) is 0 Å². The van der Waals surface area contributed by atoms with E-state index < -0.39 is 16.1 Å². The van der Waals surface area contributed by atoms with E-state index in [0.29, 0.717) is 12.1 Å². The highest BCUT2D eigenvalue weighted by molar-refractivity contribution is 7.89. The summed E-state index contributed by atoms with van der Waals surface area (Å²) in [7, 11) is -3.58. The zero-order valence-electron chi connectivity index (χ0n) is 14.0. The fraction of sp³-hybridized carbons (Fsp3) is 0.562. The molecule has 0 aliphatic carbocycles. The van der Waals surface area contributed by atoms with Crippen molar-refractivity contribution in [2.45, 2.75) is 11.0 Å². The van der Waals surface area contributed by atoms with E-state index in [2.05, 4.69) is 15.5 Å². The summed E-state index contributed by atoms with van der Waals surface area (Å²) < 4.78 is 25.8. The average Bonchev–Trinajstić information content (AvgIpc) is 2.60. The van der Waals surface area contributed by atoms with Crippen LogP contribution in [-0.4, -0.2) is 87.1 Å². The molecule has 0 aromatic heterocycles. The first-order chi connectivity index (χ1) is 12.0. The number of carbonyl (C=O) groups excluding carboxylic acids is 1. The molecule has 138 valence electrons. The zero-order valence-corrected chi connectivity index (χ0v) is 14.8. The lowest BCUT2D eigenvalue weighted by atomic mass is 10.2. The van der Waals surface area contributed by atoms with Gasteiger partial charge in [-0.25, -0.2) is 8.42 Å². The van der Waals surface area contributed by atoms with E-state index in [9.17, 15) is 18.3 Å². The molecule has 2 saturated heterocycles. The smallest absolute Gasteiger partial charge is 0.251 e. The number of carbonyl (C=O) groups is 1. The van der Waals surface area contributed by atoms with E-state index in [1.807, 2.05) is 0 Å². The van der Waals surface area contributed by atoms with E-state index in [1.54, 1.807) is 0 Å². The quantitative estimate of drug-likeness (QED) is 0.576. The van der Waals surface area contributed by atoms with Crippen molar-refractivity contribution < 1.29 is 18.3 Å². The number of hydrogen-bond donors (Lipinski definition) is 3. The van der Waals surface area contributed by atoms with Crippen LogP contribution in [0.4, 0.5) is 0 Å². The molecule has 0 radical (unpaired) electrons. The maximum absolute atomic E-state index is 12.3. The minimum absolute atomic E-state index is 0.122. The SMILES string of the molecule is O=C(NCCN1CCNCC1)c1ccc(S(=O)(=O)N2CC(O)C2)cc1. The number of rotatable bonds is 6. The summed E-state index contributed by atoms with van der Waals surface area (Å²) in [5.41, 5.74) is 0.433. The summed E-state index contributed by atoms with van der Waals surface area (Å²) >= 11 is 0. The van der Waals surface area contributed by atoms with E-state index in [0.717, 1.165) is 32.7 Å². The Balaban J connectivity index is 1.52. The summed E-state index contributed by atoms with van der Waals surface area (Å²) in [6, 6.07) is 5.91. The molecule has 3 rings (SSSR count). The molecule has 3 N–H and O–H groups in total. The molecule has 1 aromatic rings. The number of benzene rings is 1. The Morgan fingerprint density at radius 2 is 1.84 bits per heavy atom. The first-order valence-electron chi connectivity index (χ1n) is 8.46. The molecule has 2 aliphatic rings. The zero-order chi connectivity index (χ0) is 17.9. The molecule has 0 atom stereocenters. The summed E-state index contributed by atoms with van der Waals surface area (Å²) in [6.07, 6.45) is -0.587. The number of β-amino-alcohol motifs (C(OH)–C–C–N with tert-alkyl or cyclic N) is 1. The number of sulfonamides is 1. The van der Waals surface area contributed by atoms with Gasteiger partial charge in [-0.15, -0.1) is 0 Å². The van der Waals surface area contributed by atoms with Crippen LogP contribution in [-0.2, 0) is 10.0 Å². The van der Waals surface area contributed by atoms with Crippen LogP contribution in [0.5, 0.6) is 0 Å². The largest absolute Gasteiger partial charge is 0.390 e. The van der Waals surface area contributed by atoms with Crippen molar-refractivity contribution in [1.82, 2.24) is 19.8 Å². The van der Waals surface area contributed by atoms with Gasteiger partial charge >= 0.3 is 0 Å². The number of aliphatic hydroxyl groups is 1. The molecule has 8 nitrogen and oxygen atoms in total. The number of amides is 1. The second kappa shape index (κ2) is 7.79. The van der Waals surface area contributed by atoms with E-state index in [1.165, 1.54) is 28.6 Å². The average molecular weight is 368 g/mol. The van der Waals surface area contributed by atoms with Gasteiger partial charge in [0.15, 0.2) is 0 Å². The lowest BCUT2D eigenvalue weighted by Gasteiger charge is -2.34. The van der Waals surface area contributed by atoms with E-state index >= 15 is 0 Å². The summed E-state index contributed by atoms with van der Waals surface area (Å²) in [6.45, 7) is 5.51. The normalized spacial score (nSPS) is 20.2. The molecule has 9 heteroatoms. The molecule has 2 fully saturated rings. The first kappa shape index (κ1) is 18.3. The number of nitrogens with one attached hydrogen (secondary N) is 2. The molecule has 0 saturated carbocycles. The van der Waals surface area contributed by atoms with Crippen LogP contribution in [0, 0.1) is 0 Å². The lowest BCUT2D eigenvalue weighted by molar-refractivity contribution is 0.0548. The third-order valence-corrected chi connectivity index (χ3v) is 6.35. The molecule has 0 unspecified atom stereocenters. The Hall–Kier alpha value is -1.52. The van der Waals surface area contributed by atoms with Gasteiger partial charge in [0.25, 0.3) is 5.91 Å². The predicted octanol–water partition coefficient (Wildman–Crippen LogP) is -1.31. The molecule has 2 heterocycles. The summed E-state index contributed by atoms with van der Waals surface area (Å²) in [5.74, 6) is -0.210. The number of aliphatic hydroxyl groups excluding tert-OH is 1. The van der Waals surface area contributed by atoms with Crippen molar-refractivity contribution in [3.05, 3.63) is 29.8 Å². The molecule has 2 aliphatic heterocycles. The monoisotopic (exact) mass is 368 g/mol. The number of piperazine rings is 1. The maximum atomic E-state index is 12.3. The molecule has 1 amide bonds. The van der Waals surface area contributed by atoms with Crippen LogP contribution < -0.4 is 10.6 Å². The molecule has 0 bridgehead atoms. The highest BCUT2D eigenvalue weighted by Gasteiger charge is 2.35. The number of nitrogens with zero attached hydrogens (tertiary/aromatic N) is 2. The Morgan fingerprint density at radius 3 is 2.44 bits per heavy atom. The summed E-state index contributed by atoms with van der Waals surface area (Å²) in [5, 5.41) is 15.4. The van der Waals surface area contributed by atoms with Gasteiger partial charge < -0.3 is 15.7 Å². The van der Waals surface area contributed by atoms with E-state index in [4.69, 9.17) is 0 Å². The van der Waals surface area contributed by atoms with Crippen molar-refractivity contribution in [2.24, 2.45) is 0 Å². The van der Waals surface area contributed by atoms with Crippen molar-refractivity contribution in [3.8, 4) is 0 Å². The molecular weight excluding hydrogens is 344 g/mol. The van der Waals surface area contributed by atoms with Gasteiger partial charge in [0, 0.05) is 57.9 Å². The highest BCUT2D eigenvalue weighted by atomic mass is 32.2. The maximum Gasteiger partial charge on any atom is 0.251 e. The van der Waals surface area contributed by atoms with Crippen LogP contribution >= 0.6 is 0 Å². The fourth-order valence-electron chi connectivity index (χ4n) is 2.90. The van der Waals surface area contributed by atoms with Crippen LogP contribution in [0.2, 0.25) is 0 Å². The molecular formula is C16H24N4O4S. The van der Waals surface area contributed by atoms with Crippen LogP contribution in [0.1, 0.15) is 10.4 Å². The Kier molecular flexibility index (Phi) is 5.70. The standard InChI is InChI=1S/C16H24N4O4S/c21-14-11-20(12-14)25(23,24)15-3-1-13(2-4-15)16(22)18-7-10-19-8-5-17-6-9-19/h1-4,14,17,21H,5-12H2,(H,18,22). The minimum Gasteiger partial charge on any atom is -0.390 e. The second-order valence-electron chi connectivity index (χ2n) is 6.35. The lowest BCUT2D eigenvalue weighted by Crippen LogP contribution is -2.53. The van der Waals surface area contributed by atoms with Crippen molar-refractivity contribution in [2.75, 3.05) is 52.4 Å². The molecule has 1 aromatic carbocycles. The van der Waals surface area contributed by atoms with Gasteiger partial charge in [-0.3, -0.25) is 9.69 Å². The molecule has 25 heavy (non-hydrogen) atoms. The Bertz CT molecular complexity index is 695. The van der Waals surface area contributed by atoms with Gasteiger partial charge in [0.2, 0.25) is 10.0 Å². The summed E-state index contributed by atoms with van der Waals surface area (Å²) in [4.78, 5) is 14.6. The van der Waals surface area contributed by atoms with Gasteiger partial charge in [-0.1, -0.05) is 0 Å². The van der Waals surface area contributed by atoms with E-state index in [-0.39, 0.29) is 23.9 Å². The third kappa shape index (κ3) is 4.36. The van der Waals surface area contributed by atoms with Crippen LogP contribution in [0.3, 0.4) is 0 Å². The van der Waals surface area contributed by atoms with Gasteiger partial charge in [-0.05, 0) is 24.3 Å². The van der Waals surface area contributed by atoms with Gasteiger partial charge in [-0.2, -0.15) is 4.31 Å². The van der Waals surface area contributed by atoms with Crippen molar-refractivity contribution in [1.29, 1.82) is 0 Å². The van der Waals surface area contributed by atoms with Crippen molar-refractivity contribution >= 4 is 15.9 Å². The van der Waals surface area contributed by atoms with Gasteiger partial charge in [0.05, 0.1) is 11.0 Å². The second-order valence-corrected chi connectivity index (χ2v) is 8.29. The van der Waals surface area contributed by atoms with Crippen LogP contribution in [0.25, 0.3) is 0 Å².